The molecule has 2 aromatic heterocycles. The molecule has 0 aliphatic heterocycles. The minimum atomic E-state index is 0.159. The predicted molar refractivity (Wildman–Crippen MR) is 88.8 cm³/mol. The van der Waals surface area contributed by atoms with E-state index in [1.54, 1.807) is 4.52 Å². The third-order valence-corrected chi connectivity index (χ3v) is 3.96. The molecule has 0 amide bonds. The maximum Gasteiger partial charge on any atom is 0.185 e. The number of aromatic nitrogens is 4. The van der Waals surface area contributed by atoms with Crippen molar-refractivity contribution in [3.8, 4) is 11.4 Å². The summed E-state index contributed by atoms with van der Waals surface area (Å²) in [6, 6.07) is 14.2. The first-order valence-electron chi connectivity index (χ1n) is 7.49. The van der Waals surface area contributed by atoms with Gasteiger partial charge in [0.2, 0.25) is 0 Å². The molecule has 0 spiro atoms. The van der Waals surface area contributed by atoms with Crippen molar-refractivity contribution < 1.29 is 0 Å². The smallest absolute Gasteiger partial charge is 0.185 e. The summed E-state index contributed by atoms with van der Waals surface area (Å²) in [6.45, 7) is 8.78. The molecule has 1 atom stereocenters. The van der Waals surface area contributed by atoms with Crippen molar-refractivity contribution in [2.75, 3.05) is 5.32 Å². The average Bonchev–Trinajstić information content (AvgIpc) is 2.90. The lowest BCUT2D eigenvalue weighted by atomic mass is 9.88. The Morgan fingerprint density at radius 1 is 1.00 bits per heavy atom. The number of fused-ring (bicyclic) bond motifs is 1. The molecule has 0 saturated heterocycles. The molecule has 1 N–H and O–H groups in total. The van der Waals surface area contributed by atoms with Crippen molar-refractivity contribution in [3.63, 3.8) is 0 Å². The average molecular weight is 295 g/mol. The van der Waals surface area contributed by atoms with Gasteiger partial charge in [-0.05, 0) is 24.5 Å². The van der Waals surface area contributed by atoms with E-state index in [1.807, 2.05) is 42.5 Å². The minimum Gasteiger partial charge on any atom is -0.366 e. The number of anilines is 1. The van der Waals surface area contributed by atoms with Crippen LogP contribution in [0.4, 0.5) is 5.82 Å². The van der Waals surface area contributed by atoms with Gasteiger partial charge in [0.05, 0.1) is 0 Å². The molecule has 3 aromatic rings. The SMILES string of the molecule is CC(Nc1ccc2nnc(-c3ccccc3)n2n1)C(C)(C)C. The molecule has 5 heteroatoms. The number of nitrogens with zero attached hydrogens (tertiary/aromatic N) is 4. The molecule has 3 rings (SSSR count). The zero-order chi connectivity index (χ0) is 15.7. The monoisotopic (exact) mass is 295 g/mol. The normalized spacial score (nSPS) is 13.3. The topological polar surface area (TPSA) is 55.1 Å². The summed E-state index contributed by atoms with van der Waals surface area (Å²) in [6.07, 6.45) is 0. The van der Waals surface area contributed by atoms with Crippen LogP contribution in [-0.2, 0) is 0 Å². The highest BCUT2D eigenvalue weighted by atomic mass is 15.4. The first-order valence-corrected chi connectivity index (χ1v) is 7.49. The van der Waals surface area contributed by atoms with Crippen LogP contribution in [0, 0.1) is 5.41 Å². The van der Waals surface area contributed by atoms with E-state index in [-0.39, 0.29) is 5.41 Å². The van der Waals surface area contributed by atoms with Crippen LogP contribution >= 0.6 is 0 Å². The van der Waals surface area contributed by atoms with Gasteiger partial charge in [-0.25, -0.2) is 0 Å². The largest absolute Gasteiger partial charge is 0.366 e. The van der Waals surface area contributed by atoms with E-state index in [0.29, 0.717) is 6.04 Å². The molecule has 2 heterocycles. The van der Waals surface area contributed by atoms with Crippen LogP contribution in [0.25, 0.3) is 17.0 Å². The first-order chi connectivity index (χ1) is 10.4. The van der Waals surface area contributed by atoms with E-state index in [9.17, 15) is 0 Å². The number of hydrogen-bond acceptors (Lipinski definition) is 4. The standard InChI is InChI=1S/C17H21N5/c1-12(17(2,3)4)18-14-10-11-15-19-20-16(22(15)21-14)13-8-6-5-7-9-13/h5-12H,1-4H3,(H,18,21). The lowest BCUT2D eigenvalue weighted by Gasteiger charge is -2.28. The summed E-state index contributed by atoms with van der Waals surface area (Å²) >= 11 is 0. The van der Waals surface area contributed by atoms with E-state index >= 15 is 0 Å². The van der Waals surface area contributed by atoms with E-state index in [2.05, 4.69) is 48.3 Å². The Hall–Kier alpha value is -2.43. The number of hydrogen-bond donors (Lipinski definition) is 1. The number of benzene rings is 1. The van der Waals surface area contributed by atoms with Crippen LogP contribution in [0.1, 0.15) is 27.7 Å². The van der Waals surface area contributed by atoms with Crippen LogP contribution in [0.2, 0.25) is 0 Å². The van der Waals surface area contributed by atoms with Gasteiger partial charge in [0.15, 0.2) is 11.5 Å². The maximum absolute atomic E-state index is 4.65. The zero-order valence-corrected chi connectivity index (χ0v) is 13.4. The Morgan fingerprint density at radius 3 is 2.41 bits per heavy atom. The molecule has 0 aliphatic rings. The van der Waals surface area contributed by atoms with Crippen molar-refractivity contribution in [1.82, 2.24) is 19.8 Å². The summed E-state index contributed by atoms with van der Waals surface area (Å²) in [4.78, 5) is 0. The highest BCUT2D eigenvalue weighted by Crippen LogP contribution is 2.23. The van der Waals surface area contributed by atoms with Crippen LogP contribution in [0.15, 0.2) is 42.5 Å². The van der Waals surface area contributed by atoms with Crippen LogP contribution in [0.5, 0.6) is 0 Å². The van der Waals surface area contributed by atoms with E-state index in [4.69, 9.17) is 0 Å². The summed E-state index contributed by atoms with van der Waals surface area (Å²) in [5, 5.41) is 16.5. The van der Waals surface area contributed by atoms with Gasteiger partial charge in [-0.2, -0.15) is 4.52 Å². The van der Waals surface area contributed by atoms with Crippen LogP contribution in [-0.4, -0.2) is 25.9 Å². The fourth-order valence-electron chi connectivity index (χ4n) is 2.07. The van der Waals surface area contributed by atoms with Crippen LogP contribution < -0.4 is 5.32 Å². The van der Waals surface area contributed by atoms with Gasteiger partial charge in [0, 0.05) is 11.6 Å². The summed E-state index contributed by atoms with van der Waals surface area (Å²) in [5.74, 6) is 1.58. The minimum absolute atomic E-state index is 0.159. The van der Waals surface area contributed by atoms with Crippen molar-refractivity contribution >= 4 is 11.5 Å². The Kier molecular flexibility index (Phi) is 3.56. The Balaban J connectivity index is 1.99. The maximum atomic E-state index is 4.65. The van der Waals surface area contributed by atoms with E-state index in [0.717, 1.165) is 22.9 Å². The Morgan fingerprint density at radius 2 is 1.73 bits per heavy atom. The summed E-state index contributed by atoms with van der Waals surface area (Å²) in [7, 11) is 0. The Bertz CT molecular complexity index is 771. The fraction of sp³-hybridized carbons (Fsp3) is 0.353. The number of nitrogens with one attached hydrogen (secondary N) is 1. The molecule has 0 fully saturated rings. The molecule has 0 aliphatic carbocycles. The van der Waals surface area contributed by atoms with Gasteiger partial charge in [0.25, 0.3) is 0 Å². The van der Waals surface area contributed by atoms with Crippen molar-refractivity contribution in [1.29, 1.82) is 0 Å². The van der Waals surface area contributed by atoms with Gasteiger partial charge in [0.1, 0.15) is 5.82 Å². The second-order valence-electron chi connectivity index (χ2n) is 6.61. The van der Waals surface area contributed by atoms with Gasteiger partial charge < -0.3 is 5.32 Å². The molecule has 0 saturated carbocycles. The summed E-state index contributed by atoms with van der Waals surface area (Å²) < 4.78 is 1.78. The van der Waals surface area contributed by atoms with Crippen LogP contribution in [0.3, 0.4) is 0 Å². The molecule has 5 nitrogen and oxygen atoms in total. The van der Waals surface area contributed by atoms with Crippen molar-refractivity contribution in [2.24, 2.45) is 5.41 Å². The fourth-order valence-corrected chi connectivity index (χ4v) is 2.07. The first kappa shape index (κ1) is 14.5. The molecule has 22 heavy (non-hydrogen) atoms. The highest BCUT2D eigenvalue weighted by Gasteiger charge is 2.20. The van der Waals surface area contributed by atoms with Gasteiger partial charge in [-0.15, -0.1) is 15.3 Å². The zero-order valence-electron chi connectivity index (χ0n) is 13.4. The molecule has 0 radical (unpaired) electrons. The van der Waals surface area contributed by atoms with Gasteiger partial charge >= 0.3 is 0 Å². The third kappa shape index (κ3) is 2.79. The lowest BCUT2D eigenvalue weighted by molar-refractivity contribution is 0.358. The van der Waals surface area contributed by atoms with Crippen molar-refractivity contribution in [3.05, 3.63) is 42.5 Å². The molecule has 114 valence electrons. The Labute approximate surface area is 130 Å². The van der Waals surface area contributed by atoms with E-state index in [1.165, 1.54) is 0 Å². The second kappa shape index (κ2) is 5.40. The van der Waals surface area contributed by atoms with Gasteiger partial charge in [-0.3, -0.25) is 0 Å². The highest BCUT2D eigenvalue weighted by molar-refractivity contribution is 5.59. The van der Waals surface area contributed by atoms with Crippen molar-refractivity contribution in [2.45, 2.75) is 33.7 Å². The van der Waals surface area contributed by atoms with Gasteiger partial charge in [-0.1, -0.05) is 51.1 Å². The van der Waals surface area contributed by atoms with E-state index < -0.39 is 0 Å². The predicted octanol–water partition coefficient (Wildman–Crippen LogP) is 3.64. The molecule has 0 bridgehead atoms. The quantitative estimate of drug-likeness (QED) is 0.801. The third-order valence-electron chi connectivity index (χ3n) is 3.96. The lowest BCUT2D eigenvalue weighted by Crippen LogP contribution is -2.31. The second-order valence-corrected chi connectivity index (χ2v) is 6.61. The summed E-state index contributed by atoms with van der Waals surface area (Å²) in [5.41, 5.74) is 1.91. The molecular formula is C17H21N5. The number of rotatable bonds is 3. The molecule has 1 aromatic carbocycles. The molecule has 1 unspecified atom stereocenters. The molecular weight excluding hydrogens is 274 g/mol.